The van der Waals surface area contributed by atoms with Crippen molar-refractivity contribution in [3.63, 3.8) is 0 Å². The fraction of sp³-hybridized carbons (Fsp3) is 0.450. The van der Waals surface area contributed by atoms with Crippen molar-refractivity contribution >= 4 is 22.5 Å². The zero-order valence-electron chi connectivity index (χ0n) is 15.5. The van der Waals surface area contributed by atoms with Crippen LogP contribution in [0.25, 0.3) is 10.9 Å². The number of anilines is 1. The Bertz CT molecular complexity index is 844. The van der Waals surface area contributed by atoms with Crippen LogP contribution in [0.4, 0.5) is 5.69 Å². The number of carbonyl (C=O) groups excluding carboxylic acids is 1. The molecule has 1 aromatic heterocycles. The predicted molar refractivity (Wildman–Crippen MR) is 103 cm³/mol. The molecule has 2 N–H and O–H groups in total. The molecule has 1 fully saturated rings. The van der Waals surface area contributed by atoms with E-state index in [2.05, 4.69) is 33.5 Å². The zero-order valence-corrected chi connectivity index (χ0v) is 15.5. The van der Waals surface area contributed by atoms with Crippen molar-refractivity contribution in [2.24, 2.45) is 5.92 Å². The van der Waals surface area contributed by atoms with Crippen molar-refractivity contribution in [2.45, 2.75) is 32.4 Å². The fourth-order valence-corrected chi connectivity index (χ4v) is 3.63. The van der Waals surface area contributed by atoms with Crippen LogP contribution in [0.2, 0.25) is 0 Å². The molecule has 1 aliphatic rings. The van der Waals surface area contributed by atoms with E-state index in [0.717, 1.165) is 36.1 Å². The molecule has 2 aromatic rings. The second kappa shape index (κ2) is 7.71. The molecule has 0 spiro atoms. The van der Waals surface area contributed by atoms with E-state index in [0.29, 0.717) is 11.5 Å². The highest BCUT2D eigenvalue weighted by Crippen LogP contribution is 2.31. The van der Waals surface area contributed by atoms with Crippen LogP contribution in [0.3, 0.4) is 0 Å². The molecular formula is C20H25N5O. The number of hydrogen-bond donors (Lipinski definition) is 2. The smallest absolute Gasteiger partial charge is 0.237 e. The third-order valence-corrected chi connectivity index (χ3v) is 5.04. The lowest BCUT2D eigenvalue weighted by atomic mass is 9.94. The first-order valence-electron chi connectivity index (χ1n) is 9.04. The first kappa shape index (κ1) is 18.2. The summed E-state index contributed by atoms with van der Waals surface area (Å²) in [4.78, 5) is 19.0. The molecule has 1 aliphatic heterocycles. The summed E-state index contributed by atoms with van der Waals surface area (Å²) in [7, 11) is 1.79. The molecule has 1 saturated heterocycles. The molecule has 6 nitrogen and oxygen atoms in total. The number of likely N-dealkylation sites (N-methyl/N-ethyl adjacent to an activating group) is 1. The third kappa shape index (κ3) is 3.63. The predicted octanol–water partition coefficient (Wildman–Crippen LogP) is 2.05. The average Bonchev–Trinajstić information content (AvgIpc) is 2.65. The number of aromatic nitrogens is 1. The van der Waals surface area contributed by atoms with Crippen LogP contribution >= 0.6 is 0 Å². The molecule has 6 heteroatoms. The van der Waals surface area contributed by atoms with Gasteiger partial charge in [0.15, 0.2) is 0 Å². The fourth-order valence-electron chi connectivity index (χ4n) is 3.63. The molecule has 3 rings (SSSR count). The highest BCUT2D eigenvalue weighted by molar-refractivity contribution is 5.95. The standard InChI is InChI=1S/C20H25N5O/c1-13-9-16(24-20(26)14(2)22-3)12-25(11-13)18-7-6-15(10-21)19-17(18)5-4-8-23-19/h4-8,13-14,16,22H,9,11-12H2,1-3H3,(H,24,26)/t13-,14-,16+/m0/s1. The van der Waals surface area contributed by atoms with Crippen molar-refractivity contribution in [3.05, 3.63) is 36.0 Å². The van der Waals surface area contributed by atoms with Crippen LogP contribution in [0.1, 0.15) is 25.8 Å². The number of amides is 1. The van der Waals surface area contributed by atoms with Gasteiger partial charge < -0.3 is 15.5 Å². The summed E-state index contributed by atoms with van der Waals surface area (Å²) < 4.78 is 0. The van der Waals surface area contributed by atoms with E-state index in [1.54, 1.807) is 13.2 Å². The van der Waals surface area contributed by atoms with Gasteiger partial charge in [-0.15, -0.1) is 0 Å². The van der Waals surface area contributed by atoms with Gasteiger partial charge in [-0.1, -0.05) is 6.92 Å². The molecule has 0 saturated carbocycles. The van der Waals surface area contributed by atoms with Gasteiger partial charge in [-0.05, 0) is 50.6 Å². The van der Waals surface area contributed by atoms with Crippen LogP contribution in [-0.2, 0) is 4.79 Å². The number of pyridine rings is 1. The Labute approximate surface area is 154 Å². The monoisotopic (exact) mass is 351 g/mol. The summed E-state index contributed by atoms with van der Waals surface area (Å²) in [6, 6.07) is 9.85. The zero-order chi connectivity index (χ0) is 18.7. The topological polar surface area (TPSA) is 81.0 Å². The van der Waals surface area contributed by atoms with Crippen LogP contribution < -0.4 is 15.5 Å². The summed E-state index contributed by atoms with van der Waals surface area (Å²) in [6.45, 7) is 5.74. The van der Waals surface area contributed by atoms with Crippen molar-refractivity contribution in [1.29, 1.82) is 5.26 Å². The summed E-state index contributed by atoms with van der Waals surface area (Å²) in [5, 5.41) is 16.5. The lowest BCUT2D eigenvalue weighted by Gasteiger charge is -2.39. The summed E-state index contributed by atoms with van der Waals surface area (Å²) in [5.41, 5.74) is 2.39. The number of nitrogens with one attached hydrogen (secondary N) is 2. The van der Waals surface area contributed by atoms with E-state index in [9.17, 15) is 10.1 Å². The lowest BCUT2D eigenvalue weighted by Crippen LogP contribution is -2.53. The minimum Gasteiger partial charge on any atom is -0.369 e. The maximum Gasteiger partial charge on any atom is 0.237 e. The van der Waals surface area contributed by atoms with E-state index in [4.69, 9.17) is 0 Å². The second-order valence-corrected chi connectivity index (χ2v) is 7.11. The van der Waals surface area contributed by atoms with Gasteiger partial charge in [-0.2, -0.15) is 5.26 Å². The van der Waals surface area contributed by atoms with Gasteiger partial charge >= 0.3 is 0 Å². The molecule has 2 heterocycles. The first-order valence-corrected chi connectivity index (χ1v) is 9.04. The van der Waals surface area contributed by atoms with Crippen LogP contribution in [0.15, 0.2) is 30.5 Å². The number of benzene rings is 1. The maximum absolute atomic E-state index is 12.2. The summed E-state index contributed by atoms with van der Waals surface area (Å²) >= 11 is 0. The molecular weight excluding hydrogens is 326 g/mol. The summed E-state index contributed by atoms with van der Waals surface area (Å²) in [6.07, 6.45) is 2.68. The SMILES string of the molecule is CN[C@@H](C)C(=O)N[C@@H]1C[C@H](C)CN(c2ccc(C#N)c3ncccc23)C1. The molecule has 1 amide bonds. The number of carbonyl (C=O) groups is 1. The molecule has 136 valence electrons. The van der Waals surface area contributed by atoms with E-state index >= 15 is 0 Å². The van der Waals surface area contributed by atoms with E-state index in [1.807, 2.05) is 31.2 Å². The van der Waals surface area contributed by atoms with Crippen molar-refractivity contribution in [2.75, 3.05) is 25.0 Å². The quantitative estimate of drug-likeness (QED) is 0.881. The molecule has 1 aromatic carbocycles. The minimum atomic E-state index is -0.208. The highest BCUT2D eigenvalue weighted by Gasteiger charge is 2.28. The number of nitriles is 1. The lowest BCUT2D eigenvalue weighted by molar-refractivity contribution is -0.123. The second-order valence-electron chi connectivity index (χ2n) is 7.11. The maximum atomic E-state index is 12.2. The normalized spacial score (nSPS) is 21.2. The van der Waals surface area contributed by atoms with E-state index in [1.165, 1.54) is 0 Å². The average molecular weight is 351 g/mol. The van der Waals surface area contributed by atoms with Crippen molar-refractivity contribution < 1.29 is 4.79 Å². The summed E-state index contributed by atoms with van der Waals surface area (Å²) in [5.74, 6) is 0.485. The van der Waals surface area contributed by atoms with Crippen LogP contribution in [0.5, 0.6) is 0 Å². The van der Waals surface area contributed by atoms with E-state index in [-0.39, 0.29) is 18.0 Å². The Morgan fingerprint density at radius 1 is 1.38 bits per heavy atom. The molecule has 0 radical (unpaired) electrons. The Kier molecular flexibility index (Phi) is 5.38. The molecule has 0 aliphatic carbocycles. The molecule has 26 heavy (non-hydrogen) atoms. The van der Waals surface area contributed by atoms with Crippen molar-refractivity contribution in [3.8, 4) is 6.07 Å². The number of hydrogen-bond acceptors (Lipinski definition) is 5. The van der Waals surface area contributed by atoms with Gasteiger partial charge in [0.25, 0.3) is 0 Å². The third-order valence-electron chi connectivity index (χ3n) is 5.04. The molecule has 0 bridgehead atoms. The van der Waals surface area contributed by atoms with Crippen LogP contribution in [0, 0.1) is 17.2 Å². The van der Waals surface area contributed by atoms with Gasteiger partial charge in [-0.25, -0.2) is 0 Å². The Morgan fingerprint density at radius 3 is 2.92 bits per heavy atom. The minimum absolute atomic E-state index is 0.0258. The first-order chi connectivity index (χ1) is 12.5. The van der Waals surface area contributed by atoms with Gasteiger partial charge in [-0.3, -0.25) is 9.78 Å². The van der Waals surface area contributed by atoms with Gasteiger partial charge in [0, 0.05) is 36.4 Å². The van der Waals surface area contributed by atoms with Crippen LogP contribution in [-0.4, -0.2) is 43.1 Å². The van der Waals surface area contributed by atoms with Gasteiger partial charge in [0.1, 0.15) is 6.07 Å². The largest absolute Gasteiger partial charge is 0.369 e. The number of nitrogens with zero attached hydrogens (tertiary/aromatic N) is 3. The number of piperidine rings is 1. The Morgan fingerprint density at radius 2 is 2.19 bits per heavy atom. The van der Waals surface area contributed by atoms with Gasteiger partial charge in [0.2, 0.25) is 5.91 Å². The number of rotatable bonds is 4. The van der Waals surface area contributed by atoms with Gasteiger partial charge in [0.05, 0.1) is 17.1 Å². The molecule has 3 atom stereocenters. The highest BCUT2D eigenvalue weighted by atomic mass is 16.2. The molecule has 0 unspecified atom stereocenters. The van der Waals surface area contributed by atoms with E-state index < -0.39 is 0 Å². The Hall–Kier alpha value is -2.65. The number of fused-ring (bicyclic) bond motifs is 1. The van der Waals surface area contributed by atoms with Crippen molar-refractivity contribution in [1.82, 2.24) is 15.6 Å². The Balaban J connectivity index is 1.88.